The smallest absolute Gasteiger partial charge is 0.317 e. The number of aliphatic carboxylic acids is 2. The van der Waals surface area contributed by atoms with Gasteiger partial charge in [0.25, 0.3) is 5.69 Å². The number of benzene rings is 1. The minimum Gasteiger partial charge on any atom is -0.480 e. The van der Waals surface area contributed by atoms with Gasteiger partial charge in [-0.3, -0.25) is 29.5 Å². The summed E-state index contributed by atoms with van der Waals surface area (Å²) >= 11 is 0. The summed E-state index contributed by atoms with van der Waals surface area (Å²) < 4.78 is 0. The van der Waals surface area contributed by atoms with Crippen LogP contribution in [0.4, 0.5) is 5.69 Å². The SMILES string of the molecule is O=C(O)CN1CCCN(CCc2ccc([N+](=O)[O-])cc2)CCN(CC(=O)O)CCCNCC1. The number of nitro groups is 1. The lowest BCUT2D eigenvalue weighted by Crippen LogP contribution is -2.42. The molecule has 0 radical (unpaired) electrons. The maximum atomic E-state index is 11.3. The zero-order valence-electron chi connectivity index (χ0n) is 19.0. The monoisotopic (exact) mass is 465 g/mol. The van der Waals surface area contributed by atoms with Crippen LogP contribution < -0.4 is 5.32 Å². The average molecular weight is 466 g/mol. The predicted octanol–water partition coefficient (Wildman–Crippen LogP) is 0.596. The summed E-state index contributed by atoms with van der Waals surface area (Å²) in [6.45, 7) is 6.27. The normalized spacial score (nSPS) is 18.4. The number of rotatable bonds is 8. The molecule has 1 fully saturated rings. The molecule has 0 aliphatic carbocycles. The zero-order chi connectivity index (χ0) is 24.1. The van der Waals surface area contributed by atoms with E-state index in [0.29, 0.717) is 39.3 Å². The number of carbonyl (C=O) groups is 2. The van der Waals surface area contributed by atoms with E-state index in [1.807, 2.05) is 9.80 Å². The van der Waals surface area contributed by atoms with E-state index in [9.17, 15) is 29.9 Å². The van der Waals surface area contributed by atoms with E-state index in [2.05, 4.69) is 10.2 Å². The van der Waals surface area contributed by atoms with Gasteiger partial charge in [0.05, 0.1) is 18.0 Å². The second kappa shape index (κ2) is 14.5. The Balaban J connectivity index is 2.00. The van der Waals surface area contributed by atoms with Crippen LogP contribution in [0.15, 0.2) is 24.3 Å². The van der Waals surface area contributed by atoms with Crippen LogP contribution in [0.2, 0.25) is 0 Å². The summed E-state index contributed by atoms with van der Waals surface area (Å²) in [5.41, 5.74) is 1.07. The Hall–Kier alpha value is -2.60. The van der Waals surface area contributed by atoms with Gasteiger partial charge in [-0.1, -0.05) is 12.1 Å². The van der Waals surface area contributed by atoms with E-state index < -0.39 is 16.9 Å². The summed E-state index contributed by atoms with van der Waals surface area (Å²) in [4.78, 5) is 39.0. The molecule has 0 unspecified atom stereocenters. The number of carboxylic acid groups (broad SMARTS) is 2. The lowest BCUT2D eigenvalue weighted by molar-refractivity contribution is -0.384. The van der Waals surface area contributed by atoms with E-state index >= 15 is 0 Å². The Labute approximate surface area is 194 Å². The molecule has 0 saturated carbocycles. The van der Waals surface area contributed by atoms with Gasteiger partial charge in [0.2, 0.25) is 0 Å². The summed E-state index contributed by atoms with van der Waals surface area (Å²) in [6, 6.07) is 6.54. The molecule has 184 valence electrons. The number of non-ortho nitro benzene ring substituents is 1. The molecular formula is C22H35N5O6. The van der Waals surface area contributed by atoms with E-state index in [1.54, 1.807) is 12.1 Å². The van der Waals surface area contributed by atoms with Gasteiger partial charge in [0.15, 0.2) is 0 Å². The average Bonchev–Trinajstić information content (AvgIpc) is 2.76. The minimum absolute atomic E-state index is 0.00256. The molecule has 1 saturated heterocycles. The molecule has 0 spiro atoms. The van der Waals surface area contributed by atoms with Crippen LogP contribution in [0.25, 0.3) is 0 Å². The van der Waals surface area contributed by atoms with Gasteiger partial charge in [0, 0.05) is 51.4 Å². The lowest BCUT2D eigenvalue weighted by Gasteiger charge is -2.29. The highest BCUT2D eigenvalue weighted by Gasteiger charge is 2.15. The van der Waals surface area contributed by atoms with Crippen molar-refractivity contribution in [2.45, 2.75) is 19.3 Å². The zero-order valence-corrected chi connectivity index (χ0v) is 19.0. The van der Waals surface area contributed by atoms with Gasteiger partial charge >= 0.3 is 11.9 Å². The fraction of sp³-hybridized carbons (Fsp3) is 0.636. The molecule has 0 amide bonds. The van der Waals surface area contributed by atoms with Crippen LogP contribution in [0.1, 0.15) is 18.4 Å². The Morgan fingerprint density at radius 2 is 1.42 bits per heavy atom. The molecule has 1 aliphatic rings. The first-order chi connectivity index (χ1) is 15.8. The van der Waals surface area contributed by atoms with Gasteiger partial charge < -0.3 is 20.4 Å². The maximum absolute atomic E-state index is 11.3. The molecule has 1 aromatic rings. The van der Waals surface area contributed by atoms with Gasteiger partial charge in [-0.05, 0) is 44.5 Å². The van der Waals surface area contributed by atoms with E-state index in [0.717, 1.165) is 44.5 Å². The molecule has 3 N–H and O–H groups in total. The van der Waals surface area contributed by atoms with Crippen LogP contribution in [-0.4, -0.2) is 114 Å². The second-order valence-corrected chi connectivity index (χ2v) is 8.31. The third-order valence-corrected chi connectivity index (χ3v) is 5.70. The Bertz CT molecular complexity index is 760. The molecule has 1 heterocycles. The number of nitrogens with one attached hydrogen (secondary N) is 1. The van der Waals surface area contributed by atoms with Crippen molar-refractivity contribution >= 4 is 17.6 Å². The topological polar surface area (TPSA) is 139 Å². The van der Waals surface area contributed by atoms with Crippen molar-refractivity contribution in [3.05, 3.63) is 39.9 Å². The molecule has 2 rings (SSSR count). The lowest BCUT2D eigenvalue weighted by atomic mass is 10.1. The number of hydrogen-bond acceptors (Lipinski definition) is 8. The van der Waals surface area contributed by atoms with Crippen molar-refractivity contribution in [3.63, 3.8) is 0 Å². The third kappa shape index (κ3) is 11.2. The van der Waals surface area contributed by atoms with Crippen molar-refractivity contribution in [3.8, 4) is 0 Å². The van der Waals surface area contributed by atoms with Crippen molar-refractivity contribution in [1.82, 2.24) is 20.0 Å². The standard InChI is InChI=1S/C22H35N5O6/c28-21(29)17-25-12-2-11-24(13-7-19-3-5-20(6-4-19)27(32)33)15-16-26(18-22(30)31)10-1-8-23-9-14-25/h3-6,23H,1-2,7-18H2,(H,28,29)(H,30,31). The summed E-state index contributed by atoms with van der Waals surface area (Å²) in [5.74, 6) is -1.68. The van der Waals surface area contributed by atoms with E-state index in [-0.39, 0.29) is 18.8 Å². The second-order valence-electron chi connectivity index (χ2n) is 8.31. The van der Waals surface area contributed by atoms with Crippen molar-refractivity contribution in [2.24, 2.45) is 0 Å². The first kappa shape index (κ1) is 26.7. The highest BCUT2D eigenvalue weighted by molar-refractivity contribution is 5.69. The quantitative estimate of drug-likeness (QED) is 0.369. The predicted molar refractivity (Wildman–Crippen MR) is 123 cm³/mol. The maximum Gasteiger partial charge on any atom is 0.317 e. The highest BCUT2D eigenvalue weighted by Crippen LogP contribution is 2.13. The first-order valence-corrected chi connectivity index (χ1v) is 11.4. The summed E-state index contributed by atoms with van der Waals surface area (Å²) in [7, 11) is 0. The molecule has 1 aromatic carbocycles. The summed E-state index contributed by atoms with van der Waals surface area (Å²) in [5, 5.41) is 32.6. The van der Waals surface area contributed by atoms with E-state index in [4.69, 9.17) is 0 Å². The van der Waals surface area contributed by atoms with Crippen molar-refractivity contribution in [1.29, 1.82) is 0 Å². The number of nitrogens with zero attached hydrogens (tertiary/aromatic N) is 4. The summed E-state index contributed by atoms with van der Waals surface area (Å²) in [6.07, 6.45) is 2.33. The van der Waals surface area contributed by atoms with Crippen LogP contribution >= 0.6 is 0 Å². The fourth-order valence-corrected chi connectivity index (χ4v) is 3.92. The molecule has 11 heteroatoms. The van der Waals surface area contributed by atoms with Gasteiger partial charge in [-0.25, -0.2) is 0 Å². The Morgan fingerprint density at radius 3 is 2.06 bits per heavy atom. The largest absolute Gasteiger partial charge is 0.480 e. The molecular weight excluding hydrogens is 430 g/mol. The fourth-order valence-electron chi connectivity index (χ4n) is 3.92. The van der Waals surface area contributed by atoms with Crippen molar-refractivity contribution in [2.75, 3.05) is 72.0 Å². The molecule has 0 aromatic heterocycles. The Morgan fingerprint density at radius 1 is 0.848 bits per heavy atom. The van der Waals surface area contributed by atoms with Gasteiger partial charge in [-0.15, -0.1) is 0 Å². The molecule has 33 heavy (non-hydrogen) atoms. The van der Waals surface area contributed by atoms with Gasteiger partial charge in [-0.2, -0.15) is 0 Å². The number of carboxylic acids is 2. The third-order valence-electron chi connectivity index (χ3n) is 5.70. The van der Waals surface area contributed by atoms with Crippen LogP contribution in [-0.2, 0) is 16.0 Å². The van der Waals surface area contributed by atoms with Crippen LogP contribution in [0.5, 0.6) is 0 Å². The van der Waals surface area contributed by atoms with Crippen molar-refractivity contribution < 1.29 is 24.7 Å². The molecule has 0 bridgehead atoms. The molecule has 1 aliphatic heterocycles. The van der Waals surface area contributed by atoms with E-state index in [1.165, 1.54) is 12.1 Å². The van der Waals surface area contributed by atoms with Crippen LogP contribution in [0.3, 0.4) is 0 Å². The Kier molecular flexibility index (Phi) is 11.7. The molecule has 11 nitrogen and oxygen atoms in total. The number of hydrogen-bond donors (Lipinski definition) is 3. The number of nitro benzene ring substituents is 1. The van der Waals surface area contributed by atoms with Crippen LogP contribution in [0, 0.1) is 10.1 Å². The highest BCUT2D eigenvalue weighted by atomic mass is 16.6. The molecule has 0 atom stereocenters. The van der Waals surface area contributed by atoms with Gasteiger partial charge in [0.1, 0.15) is 0 Å². The first-order valence-electron chi connectivity index (χ1n) is 11.4. The minimum atomic E-state index is -0.842.